The average molecular weight is 351 g/mol. The van der Waals surface area contributed by atoms with Crippen molar-refractivity contribution in [2.75, 3.05) is 6.79 Å². The van der Waals surface area contributed by atoms with E-state index in [1.807, 2.05) is 36.4 Å². The number of nitrogens with zero attached hydrogens (tertiary/aromatic N) is 2. The van der Waals surface area contributed by atoms with Crippen molar-refractivity contribution < 1.29 is 18.7 Å². The summed E-state index contributed by atoms with van der Waals surface area (Å²) in [6.45, 7) is 2.39. The van der Waals surface area contributed by atoms with Crippen molar-refractivity contribution in [1.29, 1.82) is 0 Å². The van der Waals surface area contributed by atoms with Crippen LogP contribution in [-0.2, 0) is 17.8 Å². The summed E-state index contributed by atoms with van der Waals surface area (Å²) in [6.07, 6.45) is 1.84. The molecule has 26 heavy (non-hydrogen) atoms. The van der Waals surface area contributed by atoms with Crippen LogP contribution in [-0.4, -0.2) is 22.7 Å². The number of amides is 1. The van der Waals surface area contributed by atoms with Gasteiger partial charge in [-0.15, -0.1) is 0 Å². The topological polar surface area (TPSA) is 86.5 Å². The van der Waals surface area contributed by atoms with Crippen LogP contribution in [0, 0.1) is 6.92 Å². The smallest absolute Gasteiger partial charge is 0.231 e. The van der Waals surface area contributed by atoms with Crippen molar-refractivity contribution in [3.63, 3.8) is 0 Å². The number of hydrogen-bond acceptors (Lipinski definition) is 6. The van der Waals surface area contributed by atoms with E-state index in [9.17, 15) is 4.79 Å². The van der Waals surface area contributed by atoms with Gasteiger partial charge in [-0.2, -0.15) is 0 Å². The van der Waals surface area contributed by atoms with Gasteiger partial charge in [0.25, 0.3) is 0 Å². The molecule has 2 aromatic heterocycles. The molecule has 0 radical (unpaired) electrons. The lowest BCUT2D eigenvalue weighted by Gasteiger charge is -2.03. The molecule has 3 heterocycles. The minimum atomic E-state index is -0.135. The molecule has 7 heteroatoms. The van der Waals surface area contributed by atoms with E-state index in [4.69, 9.17) is 13.9 Å². The first-order chi connectivity index (χ1) is 12.7. The van der Waals surface area contributed by atoms with Gasteiger partial charge >= 0.3 is 0 Å². The molecule has 0 saturated carbocycles. The Bertz CT molecular complexity index is 937. The summed E-state index contributed by atoms with van der Waals surface area (Å²) in [5.74, 6) is 2.29. The zero-order valence-electron chi connectivity index (χ0n) is 14.2. The van der Waals surface area contributed by atoms with E-state index in [2.05, 4.69) is 15.3 Å². The largest absolute Gasteiger partial charge is 0.454 e. The zero-order chi connectivity index (χ0) is 17.9. The van der Waals surface area contributed by atoms with Gasteiger partial charge in [-0.1, -0.05) is 6.07 Å². The van der Waals surface area contributed by atoms with Crippen LogP contribution in [0.1, 0.15) is 17.1 Å². The monoisotopic (exact) mass is 351 g/mol. The molecule has 0 atom stereocenters. The Kier molecular flexibility index (Phi) is 4.27. The standard InChI is InChI=1S/C19H17N3O4/c1-12-15(9-18(23)21-10-14-4-2-3-7-20-14)22-19(26-12)13-5-6-16-17(8-13)25-11-24-16/h2-8H,9-11H2,1H3,(H,21,23). The lowest BCUT2D eigenvalue weighted by Crippen LogP contribution is -2.25. The quantitative estimate of drug-likeness (QED) is 0.760. The Morgan fingerprint density at radius 3 is 2.92 bits per heavy atom. The number of aromatic nitrogens is 2. The number of nitrogens with one attached hydrogen (secondary N) is 1. The highest BCUT2D eigenvalue weighted by Gasteiger charge is 2.18. The highest BCUT2D eigenvalue weighted by molar-refractivity contribution is 5.78. The number of aryl methyl sites for hydroxylation is 1. The molecule has 0 aliphatic carbocycles. The van der Waals surface area contributed by atoms with Gasteiger partial charge in [0.1, 0.15) is 5.76 Å². The van der Waals surface area contributed by atoms with E-state index in [-0.39, 0.29) is 19.1 Å². The molecule has 1 aliphatic heterocycles. The van der Waals surface area contributed by atoms with Crippen LogP contribution in [0.2, 0.25) is 0 Å². The van der Waals surface area contributed by atoms with Crippen molar-refractivity contribution in [2.24, 2.45) is 0 Å². The summed E-state index contributed by atoms with van der Waals surface area (Å²) in [5.41, 5.74) is 2.19. The molecular weight excluding hydrogens is 334 g/mol. The van der Waals surface area contributed by atoms with Crippen LogP contribution in [0.3, 0.4) is 0 Å². The number of carbonyl (C=O) groups excluding carboxylic acids is 1. The second-order valence-corrected chi connectivity index (χ2v) is 5.86. The minimum Gasteiger partial charge on any atom is -0.454 e. The zero-order valence-corrected chi connectivity index (χ0v) is 14.2. The van der Waals surface area contributed by atoms with E-state index in [0.717, 1.165) is 11.3 Å². The number of oxazole rings is 1. The van der Waals surface area contributed by atoms with Crippen molar-refractivity contribution in [2.45, 2.75) is 19.9 Å². The number of pyridine rings is 1. The maximum atomic E-state index is 12.2. The Balaban J connectivity index is 1.44. The summed E-state index contributed by atoms with van der Waals surface area (Å²) >= 11 is 0. The van der Waals surface area contributed by atoms with Crippen LogP contribution in [0.25, 0.3) is 11.5 Å². The normalized spacial score (nSPS) is 12.2. The number of benzene rings is 1. The molecule has 1 amide bonds. The Hall–Kier alpha value is -3.35. The minimum absolute atomic E-state index is 0.135. The van der Waals surface area contributed by atoms with Gasteiger partial charge in [-0.3, -0.25) is 9.78 Å². The van der Waals surface area contributed by atoms with Crippen molar-refractivity contribution >= 4 is 5.91 Å². The third-order valence-electron chi connectivity index (χ3n) is 4.03. The molecule has 3 aromatic rings. The molecule has 0 spiro atoms. The number of ether oxygens (including phenoxy) is 2. The van der Waals surface area contributed by atoms with Crippen LogP contribution in [0.4, 0.5) is 0 Å². The summed E-state index contributed by atoms with van der Waals surface area (Å²) < 4.78 is 16.4. The molecule has 1 N–H and O–H groups in total. The van der Waals surface area contributed by atoms with Gasteiger partial charge in [0.15, 0.2) is 11.5 Å². The van der Waals surface area contributed by atoms with Gasteiger partial charge in [0.05, 0.1) is 24.4 Å². The first-order valence-electron chi connectivity index (χ1n) is 8.22. The maximum Gasteiger partial charge on any atom is 0.231 e. The molecule has 0 bridgehead atoms. The van der Waals surface area contributed by atoms with Crippen LogP contribution in [0.15, 0.2) is 47.0 Å². The predicted molar refractivity (Wildman–Crippen MR) is 92.6 cm³/mol. The average Bonchev–Trinajstić information content (AvgIpc) is 3.27. The third-order valence-corrected chi connectivity index (χ3v) is 4.03. The molecule has 7 nitrogen and oxygen atoms in total. The fraction of sp³-hybridized carbons (Fsp3) is 0.211. The third kappa shape index (κ3) is 3.37. The Morgan fingerprint density at radius 2 is 2.08 bits per heavy atom. The summed E-state index contributed by atoms with van der Waals surface area (Å²) in [7, 11) is 0. The van der Waals surface area contributed by atoms with E-state index in [1.165, 1.54) is 0 Å². The van der Waals surface area contributed by atoms with Crippen molar-refractivity contribution in [3.05, 3.63) is 59.7 Å². The molecule has 1 aromatic carbocycles. The van der Waals surface area contributed by atoms with E-state index in [0.29, 0.717) is 35.4 Å². The molecule has 4 rings (SSSR count). The van der Waals surface area contributed by atoms with Crippen LogP contribution < -0.4 is 14.8 Å². The van der Waals surface area contributed by atoms with Crippen LogP contribution >= 0.6 is 0 Å². The first kappa shape index (κ1) is 16.1. The Labute approximate surface area is 150 Å². The molecule has 132 valence electrons. The highest BCUT2D eigenvalue weighted by atomic mass is 16.7. The summed E-state index contributed by atoms with van der Waals surface area (Å²) in [5, 5.41) is 2.84. The SMILES string of the molecule is Cc1oc(-c2ccc3c(c2)OCO3)nc1CC(=O)NCc1ccccn1. The maximum absolute atomic E-state index is 12.2. The van der Waals surface area contributed by atoms with Crippen molar-refractivity contribution in [1.82, 2.24) is 15.3 Å². The number of rotatable bonds is 5. The first-order valence-corrected chi connectivity index (χ1v) is 8.22. The lowest BCUT2D eigenvalue weighted by molar-refractivity contribution is -0.120. The second-order valence-electron chi connectivity index (χ2n) is 5.86. The second kappa shape index (κ2) is 6.87. The van der Waals surface area contributed by atoms with Crippen LogP contribution in [0.5, 0.6) is 11.5 Å². The number of fused-ring (bicyclic) bond motifs is 1. The number of hydrogen-bond donors (Lipinski definition) is 1. The molecule has 0 fully saturated rings. The fourth-order valence-corrected chi connectivity index (χ4v) is 2.65. The van der Waals surface area contributed by atoms with Gasteiger partial charge in [-0.25, -0.2) is 4.98 Å². The highest BCUT2D eigenvalue weighted by Crippen LogP contribution is 2.36. The predicted octanol–water partition coefficient (Wildman–Crippen LogP) is 2.63. The van der Waals surface area contributed by atoms with E-state index in [1.54, 1.807) is 13.1 Å². The molecule has 0 unspecified atom stereocenters. The summed E-state index contributed by atoms with van der Waals surface area (Å²) in [6, 6.07) is 11.1. The van der Waals surface area contributed by atoms with Gasteiger partial charge < -0.3 is 19.2 Å². The van der Waals surface area contributed by atoms with Gasteiger partial charge in [0.2, 0.25) is 18.6 Å². The summed E-state index contributed by atoms with van der Waals surface area (Å²) in [4.78, 5) is 20.8. The van der Waals surface area contributed by atoms with E-state index >= 15 is 0 Å². The fourth-order valence-electron chi connectivity index (χ4n) is 2.65. The lowest BCUT2D eigenvalue weighted by atomic mass is 10.2. The molecule has 1 aliphatic rings. The van der Waals surface area contributed by atoms with Gasteiger partial charge in [0, 0.05) is 11.8 Å². The molecule has 0 saturated heterocycles. The molecular formula is C19H17N3O4. The van der Waals surface area contributed by atoms with Gasteiger partial charge in [-0.05, 0) is 37.3 Å². The van der Waals surface area contributed by atoms with Crippen molar-refractivity contribution in [3.8, 4) is 23.0 Å². The Morgan fingerprint density at radius 1 is 1.19 bits per heavy atom. The number of carbonyl (C=O) groups is 1. The van der Waals surface area contributed by atoms with E-state index < -0.39 is 0 Å².